The predicted octanol–water partition coefficient (Wildman–Crippen LogP) is 6.98. The minimum absolute atomic E-state index is 0.402. The summed E-state index contributed by atoms with van der Waals surface area (Å²) in [5.74, 6) is 0.966. The van der Waals surface area contributed by atoms with Crippen LogP contribution in [0.25, 0.3) is 0 Å². The molecule has 1 rings (SSSR count). The van der Waals surface area contributed by atoms with Gasteiger partial charge < -0.3 is 9.22 Å². The summed E-state index contributed by atoms with van der Waals surface area (Å²) in [7, 11) is 2.29. The van der Waals surface area contributed by atoms with Crippen molar-refractivity contribution in [2.24, 2.45) is 0 Å². The van der Waals surface area contributed by atoms with Crippen molar-refractivity contribution in [3.8, 4) is 0 Å². The molecule has 0 saturated carbocycles. The van der Waals surface area contributed by atoms with Crippen LogP contribution in [0.15, 0.2) is 0 Å². The van der Waals surface area contributed by atoms with E-state index >= 15 is 0 Å². The summed E-state index contributed by atoms with van der Waals surface area (Å²) in [4.78, 5) is 12.1. The maximum Gasteiger partial charge on any atom is 0.189 e. The highest BCUT2D eigenvalue weighted by molar-refractivity contribution is 8.13. The normalized spacial score (nSPS) is 16.2. The maximum absolute atomic E-state index is 12.1. The highest BCUT2D eigenvalue weighted by atomic mass is 32.2. The summed E-state index contributed by atoms with van der Waals surface area (Å²) >= 11 is 1.56. The molecular weight excluding hydrogens is 378 g/mol. The second kappa shape index (κ2) is 18.7. The Hall–Kier alpha value is -0.0600. The van der Waals surface area contributed by atoms with Crippen LogP contribution in [0, 0.1) is 0 Å². The van der Waals surface area contributed by atoms with Gasteiger partial charge in [0.1, 0.15) is 13.1 Å². The average molecular weight is 429 g/mol. The smallest absolute Gasteiger partial charge is 0.189 e. The topological polar surface area (TPSA) is 26.3 Å². The van der Waals surface area contributed by atoms with E-state index in [4.69, 9.17) is 4.74 Å². The Bertz CT molecular complexity index is 383. The average Bonchev–Trinajstić information content (AvgIpc) is 2.71. The van der Waals surface area contributed by atoms with Gasteiger partial charge in [0, 0.05) is 6.42 Å². The Kier molecular flexibility index (Phi) is 17.4. The lowest BCUT2D eigenvalue weighted by Crippen LogP contribution is -2.53. The summed E-state index contributed by atoms with van der Waals surface area (Å²) in [5, 5.41) is 0.402. The van der Waals surface area contributed by atoms with E-state index in [0.29, 0.717) is 5.12 Å². The highest BCUT2D eigenvalue weighted by Gasteiger charge is 2.24. The van der Waals surface area contributed by atoms with E-state index in [0.717, 1.165) is 55.9 Å². The monoisotopic (exact) mass is 428 g/mol. The number of ether oxygens (including phenoxy) is 1. The van der Waals surface area contributed by atoms with E-state index in [1.807, 2.05) is 0 Å². The number of unbranched alkanes of at least 4 members (excludes halogenated alkanes) is 14. The van der Waals surface area contributed by atoms with Crippen LogP contribution < -0.4 is 0 Å². The zero-order valence-electron chi connectivity index (χ0n) is 19.7. The molecular formula is C25H50NO2S+. The zero-order valence-corrected chi connectivity index (χ0v) is 20.5. The van der Waals surface area contributed by atoms with Crippen molar-refractivity contribution in [2.75, 3.05) is 45.6 Å². The number of likely N-dealkylation sites (N-methyl/N-ethyl adjacent to an activating group) is 1. The molecule has 0 aliphatic carbocycles. The maximum atomic E-state index is 12.1. The van der Waals surface area contributed by atoms with Crippen LogP contribution >= 0.6 is 11.8 Å². The van der Waals surface area contributed by atoms with Crippen molar-refractivity contribution in [3.05, 3.63) is 0 Å². The number of hydrogen-bond acceptors (Lipinski definition) is 3. The van der Waals surface area contributed by atoms with Gasteiger partial charge in [-0.15, -0.1) is 0 Å². The molecule has 0 bridgehead atoms. The van der Waals surface area contributed by atoms with Crippen molar-refractivity contribution >= 4 is 16.9 Å². The van der Waals surface area contributed by atoms with Crippen LogP contribution in [0.5, 0.6) is 0 Å². The fourth-order valence-electron chi connectivity index (χ4n) is 4.10. The third kappa shape index (κ3) is 16.3. The van der Waals surface area contributed by atoms with Gasteiger partial charge in [-0.2, -0.15) is 0 Å². The second-order valence-electron chi connectivity index (χ2n) is 9.32. The van der Waals surface area contributed by atoms with E-state index < -0.39 is 0 Å². The number of nitrogens with zero attached hydrogens (tertiary/aromatic N) is 1. The molecule has 0 aromatic carbocycles. The molecule has 1 heterocycles. The lowest BCUT2D eigenvalue weighted by Gasteiger charge is -2.37. The van der Waals surface area contributed by atoms with E-state index in [9.17, 15) is 4.79 Å². The Morgan fingerprint density at radius 3 is 1.69 bits per heavy atom. The molecule has 0 atom stereocenters. The molecule has 1 fully saturated rings. The molecule has 0 N–H and O–H groups in total. The summed E-state index contributed by atoms with van der Waals surface area (Å²) in [6.45, 7) is 7.30. The first-order valence-corrected chi connectivity index (χ1v) is 13.7. The van der Waals surface area contributed by atoms with E-state index in [1.54, 1.807) is 11.8 Å². The Balaban J connectivity index is 1.77. The van der Waals surface area contributed by atoms with Crippen LogP contribution in [0.1, 0.15) is 110 Å². The molecule has 29 heavy (non-hydrogen) atoms. The van der Waals surface area contributed by atoms with Crippen LogP contribution in [0.2, 0.25) is 0 Å². The summed E-state index contributed by atoms with van der Waals surface area (Å²) in [6, 6.07) is 0. The minimum Gasteiger partial charge on any atom is -0.370 e. The molecule has 0 aromatic rings. The molecule has 0 spiro atoms. The first kappa shape index (κ1) is 27.0. The fraction of sp³-hybridized carbons (Fsp3) is 0.960. The van der Waals surface area contributed by atoms with Crippen LogP contribution in [-0.2, 0) is 9.53 Å². The summed E-state index contributed by atoms with van der Waals surface area (Å²) in [5.41, 5.74) is 0. The largest absolute Gasteiger partial charge is 0.370 e. The second-order valence-corrected chi connectivity index (χ2v) is 10.5. The van der Waals surface area contributed by atoms with Gasteiger partial charge in [0.05, 0.1) is 32.6 Å². The Labute approximate surface area is 186 Å². The molecule has 1 aliphatic heterocycles. The lowest BCUT2D eigenvalue weighted by atomic mass is 10.0. The number of carbonyl (C=O) groups is 1. The molecule has 0 unspecified atom stereocenters. The van der Waals surface area contributed by atoms with E-state index in [1.165, 1.54) is 89.9 Å². The van der Waals surface area contributed by atoms with Crippen LogP contribution in [-0.4, -0.2) is 55.2 Å². The summed E-state index contributed by atoms with van der Waals surface area (Å²) < 4.78 is 6.51. The lowest BCUT2D eigenvalue weighted by molar-refractivity contribution is -0.914. The van der Waals surface area contributed by atoms with E-state index in [-0.39, 0.29) is 0 Å². The van der Waals surface area contributed by atoms with Gasteiger partial charge in [-0.1, -0.05) is 109 Å². The number of carbonyl (C=O) groups excluding carboxylic acids is 1. The number of morpholine rings is 1. The van der Waals surface area contributed by atoms with Crippen LogP contribution in [0.4, 0.5) is 0 Å². The molecule has 0 aromatic heterocycles. The fourth-order valence-corrected chi connectivity index (χ4v) is 5.15. The molecule has 1 saturated heterocycles. The van der Waals surface area contributed by atoms with Crippen molar-refractivity contribution in [1.82, 2.24) is 0 Å². The SMILES string of the molecule is CCCCCCCCCCCCCCCCCC(=O)SCC[N+]1(C)CCOCC1. The number of rotatable bonds is 19. The van der Waals surface area contributed by atoms with Gasteiger partial charge in [-0.3, -0.25) is 4.79 Å². The Morgan fingerprint density at radius 2 is 1.21 bits per heavy atom. The quantitative estimate of drug-likeness (QED) is 0.164. The van der Waals surface area contributed by atoms with E-state index in [2.05, 4.69) is 14.0 Å². The van der Waals surface area contributed by atoms with Crippen molar-refractivity contribution in [2.45, 2.75) is 110 Å². The van der Waals surface area contributed by atoms with Gasteiger partial charge in [-0.05, 0) is 6.42 Å². The zero-order chi connectivity index (χ0) is 21.0. The molecule has 3 nitrogen and oxygen atoms in total. The molecule has 0 amide bonds. The van der Waals surface area contributed by atoms with Crippen molar-refractivity contribution in [1.29, 1.82) is 0 Å². The van der Waals surface area contributed by atoms with Gasteiger partial charge in [-0.25, -0.2) is 0 Å². The van der Waals surface area contributed by atoms with Gasteiger partial charge in [0.2, 0.25) is 0 Å². The highest BCUT2D eigenvalue weighted by Crippen LogP contribution is 2.16. The minimum atomic E-state index is 0.402. The van der Waals surface area contributed by atoms with Crippen LogP contribution in [0.3, 0.4) is 0 Å². The summed E-state index contributed by atoms with van der Waals surface area (Å²) in [6.07, 6.45) is 21.4. The molecule has 172 valence electrons. The van der Waals surface area contributed by atoms with Gasteiger partial charge >= 0.3 is 0 Å². The van der Waals surface area contributed by atoms with Gasteiger partial charge in [0.25, 0.3) is 0 Å². The standard InChI is InChI=1S/C25H50NO2S/c1-3-4-5-6-7-8-9-10-11-12-13-14-15-16-17-18-25(27)29-24-21-26(2)19-22-28-23-20-26/h3-24H2,1-2H3/q+1. The first-order chi connectivity index (χ1) is 14.2. The third-order valence-corrected chi connectivity index (χ3v) is 7.34. The molecule has 1 aliphatic rings. The number of thioether (sulfide) groups is 1. The third-order valence-electron chi connectivity index (χ3n) is 6.43. The van der Waals surface area contributed by atoms with Gasteiger partial charge in [0.15, 0.2) is 5.12 Å². The Morgan fingerprint density at radius 1 is 0.759 bits per heavy atom. The first-order valence-electron chi connectivity index (χ1n) is 12.7. The predicted molar refractivity (Wildman–Crippen MR) is 129 cm³/mol. The molecule has 0 radical (unpaired) electrons. The van der Waals surface area contributed by atoms with Crippen molar-refractivity contribution in [3.63, 3.8) is 0 Å². The molecule has 4 heteroatoms. The van der Waals surface area contributed by atoms with Crippen molar-refractivity contribution < 1.29 is 14.0 Å². The number of hydrogen-bond donors (Lipinski definition) is 0. The number of quaternary nitrogens is 1.